The molecule has 3 N–H and O–H groups in total. The Labute approximate surface area is 267 Å². The maximum absolute atomic E-state index is 11.8. The van der Waals surface area contributed by atoms with E-state index in [1.165, 1.54) is 6.92 Å². The van der Waals surface area contributed by atoms with Crippen LogP contribution in [0.15, 0.2) is 10.2 Å². The second-order valence-electron chi connectivity index (χ2n) is 8.80. The third kappa shape index (κ3) is 23.0. The molecular weight excluding hydrogens is 701 g/mol. The number of amides is 2. The predicted octanol–water partition coefficient (Wildman–Crippen LogP) is 0.164. The van der Waals surface area contributed by atoms with E-state index < -0.39 is 60.3 Å². The summed E-state index contributed by atoms with van der Waals surface area (Å²) >= 11 is 0. The summed E-state index contributed by atoms with van der Waals surface area (Å²) in [7, 11) is -17.3. The van der Waals surface area contributed by atoms with Gasteiger partial charge in [0.25, 0.3) is 23.5 Å². The molecule has 0 radical (unpaired) electrons. The van der Waals surface area contributed by atoms with Crippen LogP contribution in [0.1, 0.15) is 40.0 Å². The van der Waals surface area contributed by atoms with Gasteiger partial charge in [-0.2, -0.15) is 0 Å². The van der Waals surface area contributed by atoms with E-state index in [4.69, 9.17) is 30.2 Å². The zero-order valence-electron chi connectivity index (χ0n) is 25.1. The number of azide groups is 2. The molecule has 0 aromatic carbocycles. The minimum atomic E-state index is -5.95. The highest BCUT2D eigenvalue weighted by atomic mass is 31.3. The van der Waals surface area contributed by atoms with Crippen LogP contribution in [-0.2, 0) is 50.6 Å². The Morgan fingerprint density at radius 1 is 1.13 bits per heavy atom. The molecule has 5 unspecified atom stereocenters. The molecule has 1 aliphatic rings. The van der Waals surface area contributed by atoms with Crippen molar-refractivity contribution in [1.82, 2.24) is 10.6 Å². The van der Waals surface area contributed by atoms with E-state index in [-0.39, 0.29) is 38.3 Å². The zero-order chi connectivity index (χ0) is 36.1. The summed E-state index contributed by atoms with van der Waals surface area (Å²) in [5.74, 6) is 4.65. The highest BCUT2D eigenvalue weighted by Gasteiger charge is 2.35. The lowest BCUT2D eigenvalue weighted by atomic mass is 10.1. The molecule has 24 nitrogen and oxygen atoms in total. The van der Waals surface area contributed by atoms with Gasteiger partial charge in [0, 0.05) is 29.2 Å². The zero-order valence-corrected chi connectivity index (χ0v) is 27.7. The highest BCUT2D eigenvalue weighted by Crippen LogP contribution is 2.61. The fourth-order valence-corrected chi connectivity index (χ4v) is 6.05. The number of phosphoric acid groups is 3. The van der Waals surface area contributed by atoms with E-state index in [2.05, 4.69) is 55.7 Å². The second kappa shape index (κ2) is 22.5. The maximum atomic E-state index is 11.8. The van der Waals surface area contributed by atoms with E-state index in [1.807, 2.05) is 0 Å². The van der Waals surface area contributed by atoms with Gasteiger partial charge in [0.2, 0.25) is 5.91 Å². The van der Waals surface area contributed by atoms with Crippen molar-refractivity contribution in [3.05, 3.63) is 20.9 Å². The molecule has 1 saturated heterocycles. The molecule has 0 bridgehead atoms. The number of alkyl carbamates (subject to hydrolysis) is 1. The van der Waals surface area contributed by atoms with Gasteiger partial charge in [-0.15, -0.1) is 5.92 Å². The molecular formula is C20H32N8O16P3-3. The van der Waals surface area contributed by atoms with Gasteiger partial charge in [0.15, 0.2) is 6.04 Å². The summed E-state index contributed by atoms with van der Waals surface area (Å²) in [5.41, 5.74) is 16.6. The van der Waals surface area contributed by atoms with Gasteiger partial charge < -0.3 is 53.7 Å². The number of carbonyl (C=O) groups excluding carboxylic acids is 3. The normalized spacial score (nSPS) is 21.1. The first-order valence-corrected chi connectivity index (χ1v) is 17.4. The van der Waals surface area contributed by atoms with Crippen molar-refractivity contribution in [1.29, 1.82) is 0 Å². The molecule has 2 amide bonds. The lowest BCUT2D eigenvalue weighted by molar-refractivity contribution is -0.250. The lowest BCUT2D eigenvalue weighted by Gasteiger charge is -2.33. The van der Waals surface area contributed by atoms with Crippen molar-refractivity contribution >= 4 is 41.3 Å². The summed E-state index contributed by atoms with van der Waals surface area (Å²) in [6.45, 7) is 3.66. The number of phosphoric ester groups is 1. The number of nitrogens with one attached hydrogen (secondary N) is 2. The van der Waals surface area contributed by atoms with Crippen LogP contribution in [0.3, 0.4) is 0 Å². The summed E-state index contributed by atoms with van der Waals surface area (Å²) in [5, 5.41) is 11.3. The van der Waals surface area contributed by atoms with Gasteiger partial charge in [-0.25, -0.2) is 13.4 Å². The van der Waals surface area contributed by atoms with E-state index in [0.717, 1.165) is 0 Å². The Balaban J connectivity index is 0.000000909. The molecule has 0 aromatic rings. The van der Waals surface area contributed by atoms with Crippen molar-refractivity contribution in [3.8, 4) is 11.8 Å². The van der Waals surface area contributed by atoms with Gasteiger partial charge in [-0.3, -0.25) is 18.5 Å². The molecule has 1 heterocycles. The number of Topliss-reactive ketones (excluding diaryl/α,β-unsaturated/α-hetero) is 1. The third-order valence-corrected chi connectivity index (χ3v) is 8.66. The minimum absolute atomic E-state index is 0.0241. The van der Waals surface area contributed by atoms with Crippen LogP contribution in [0.2, 0.25) is 0 Å². The van der Waals surface area contributed by atoms with Crippen molar-refractivity contribution < 1.29 is 75.0 Å². The quantitative estimate of drug-likeness (QED) is 0.0397. The van der Waals surface area contributed by atoms with Crippen LogP contribution in [0.25, 0.3) is 20.9 Å². The van der Waals surface area contributed by atoms with Crippen LogP contribution < -0.4 is 25.3 Å². The van der Waals surface area contributed by atoms with Gasteiger partial charge in [0.1, 0.15) is 25.2 Å². The number of ketones is 1. The first-order valence-electron chi connectivity index (χ1n) is 13.0. The Hall–Kier alpha value is -3.08. The topological polar surface area (TPSA) is 369 Å². The van der Waals surface area contributed by atoms with Crippen LogP contribution in [0.5, 0.6) is 0 Å². The van der Waals surface area contributed by atoms with Crippen molar-refractivity contribution in [2.24, 2.45) is 10.2 Å². The summed E-state index contributed by atoms with van der Waals surface area (Å²) < 4.78 is 58.9. The third-order valence-electron chi connectivity index (χ3n) is 4.96. The standard InChI is InChI=1S/C13H19N5O4.C7H16N3O12P3/c1-3-4-7-16-13(21)22-9-11(17-18-14)12(20)15-8-5-6-10(2)19;1-5-2-6(18-4-9-10-8)7(20-5)3-19-24(14,15)22-25(16,17)21-23(11,12)13/h11H,5-9H2,1-2H3,(H,15,20)(H,16,21);5-7H,2-4H2,1H3,(H,14,15)(H,16,17)(H2,11,12,13)/p-3/t;5-,6?,7+/m.0/s1. The van der Waals surface area contributed by atoms with Crippen LogP contribution in [0.4, 0.5) is 4.79 Å². The van der Waals surface area contributed by atoms with Crippen molar-refractivity contribution in [2.45, 2.75) is 64.4 Å². The number of carbonyl (C=O) groups is 3. The monoisotopic (exact) mass is 733 g/mol. The molecule has 266 valence electrons. The molecule has 0 spiro atoms. The molecule has 0 saturated carbocycles. The van der Waals surface area contributed by atoms with Crippen molar-refractivity contribution in [2.75, 3.05) is 33.0 Å². The Kier molecular flexibility index (Phi) is 21.0. The van der Waals surface area contributed by atoms with Gasteiger partial charge in [0.05, 0.1) is 25.4 Å². The molecule has 7 atom stereocenters. The first-order chi connectivity index (χ1) is 21.8. The average Bonchev–Trinajstić information content (AvgIpc) is 3.29. The molecule has 1 fully saturated rings. The van der Waals surface area contributed by atoms with E-state index in [0.29, 0.717) is 19.3 Å². The number of ether oxygens (including phenoxy) is 3. The molecule has 47 heavy (non-hydrogen) atoms. The van der Waals surface area contributed by atoms with Crippen molar-refractivity contribution in [3.63, 3.8) is 0 Å². The molecule has 1 aliphatic heterocycles. The molecule has 0 aliphatic carbocycles. The summed E-state index contributed by atoms with van der Waals surface area (Å²) in [4.78, 5) is 79.8. The second-order valence-corrected chi connectivity index (χ2v) is 13.1. The number of nitrogens with zero attached hydrogens (tertiary/aromatic N) is 6. The van der Waals surface area contributed by atoms with Gasteiger partial charge >= 0.3 is 6.09 Å². The van der Waals surface area contributed by atoms with Gasteiger partial charge in [-0.05, 0) is 38.3 Å². The van der Waals surface area contributed by atoms with E-state index >= 15 is 0 Å². The smallest absolute Gasteiger partial charge is 0.407 e. The Morgan fingerprint density at radius 3 is 2.38 bits per heavy atom. The Morgan fingerprint density at radius 2 is 1.81 bits per heavy atom. The summed E-state index contributed by atoms with van der Waals surface area (Å²) in [6, 6.07) is -1.16. The molecule has 27 heteroatoms. The maximum Gasteiger partial charge on any atom is 0.407 e. The number of hydrogen-bond acceptors (Lipinski definition) is 17. The lowest BCUT2D eigenvalue weighted by Crippen LogP contribution is -2.38. The van der Waals surface area contributed by atoms with E-state index in [9.17, 15) is 42.8 Å². The number of rotatable bonds is 19. The molecule has 1 rings (SSSR count). The largest absolute Gasteiger partial charge is 0.756 e. The van der Waals surface area contributed by atoms with E-state index in [1.54, 1.807) is 13.8 Å². The SMILES string of the molecule is CC#CCNC(=O)OCC(N=[N+]=[N-])C(=O)NCCCC(C)=O.C[C@H]1CC(OCN=[N+]=[N-])[C@@H](COP(=O)([O-])OP(=O)([O-])OP(=O)([O-])O)O1. The average molecular weight is 733 g/mol. The van der Waals surface area contributed by atoms with Crippen LogP contribution in [0, 0.1) is 11.8 Å². The summed E-state index contributed by atoms with van der Waals surface area (Å²) in [6.07, 6.45) is -1.64. The minimum Gasteiger partial charge on any atom is -0.756 e. The Bertz CT molecular complexity index is 1360. The van der Waals surface area contributed by atoms with Gasteiger partial charge in [-0.1, -0.05) is 16.1 Å². The fraction of sp³-hybridized carbons (Fsp3) is 0.750. The van der Waals surface area contributed by atoms with Crippen LogP contribution >= 0.6 is 23.5 Å². The predicted molar refractivity (Wildman–Crippen MR) is 150 cm³/mol. The van der Waals surface area contributed by atoms with Crippen LogP contribution in [-0.4, -0.2) is 80.1 Å². The first kappa shape index (κ1) is 43.9. The fourth-order valence-electron chi connectivity index (χ4n) is 3.15. The highest BCUT2D eigenvalue weighted by molar-refractivity contribution is 7.65. The molecule has 0 aromatic heterocycles. The number of hydrogen-bond donors (Lipinski definition) is 3.